The predicted octanol–water partition coefficient (Wildman–Crippen LogP) is 6.71. The number of rotatable bonds is 10. The number of hydrogen-bond donors (Lipinski definition) is 0. The number of unbranched alkanes of at least 4 members (excludes halogenated alkanes) is 2. The van der Waals surface area contributed by atoms with E-state index in [1.807, 2.05) is 0 Å². The van der Waals surface area contributed by atoms with Gasteiger partial charge in [-0.25, -0.2) is 0 Å². The summed E-state index contributed by atoms with van der Waals surface area (Å²) in [6.07, 6.45) is 6.72. The maximum Gasteiger partial charge on any atom is 0.161 e. The molecule has 0 aliphatic heterocycles. The molecule has 4 nitrogen and oxygen atoms in total. The minimum Gasteiger partial charge on any atom is -0.493 e. The molecule has 0 radical (unpaired) electrons. The van der Waals surface area contributed by atoms with Crippen LogP contribution in [0, 0.1) is 0 Å². The van der Waals surface area contributed by atoms with Crippen LogP contribution in [0.4, 0.5) is 0 Å². The number of ether oxygens (including phenoxy) is 4. The quantitative estimate of drug-likeness (QED) is 0.348. The minimum absolute atomic E-state index is 0.740. The Morgan fingerprint density at radius 1 is 0.500 bits per heavy atom. The van der Waals surface area contributed by atoms with Crippen LogP contribution in [0.15, 0.2) is 24.3 Å². The lowest BCUT2D eigenvalue weighted by atomic mass is 9.86. The van der Waals surface area contributed by atoms with E-state index >= 15 is 0 Å². The van der Waals surface area contributed by atoms with Crippen molar-refractivity contribution in [2.45, 2.75) is 52.4 Å². The van der Waals surface area contributed by atoms with Crippen LogP contribution in [0.5, 0.6) is 23.0 Å². The van der Waals surface area contributed by atoms with Crippen molar-refractivity contribution in [1.82, 2.24) is 0 Å². The van der Waals surface area contributed by atoms with Gasteiger partial charge in [-0.3, -0.25) is 0 Å². The van der Waals surface area contributed by atoms with Gasteiger partial charge in [-0.05, 0) is 82.6 Å². The fourth-order valence-electron chi connectivity index (χ4n) is 4.31. The van der Waals surface area contributed by atoms with Crippen LogP contribution >= 0.6 is 0 Å². The van der Waals surface area contributed by atoms with Crippen LogP contribution in [-0.2, 0) is 12.8 Å². The number of fused-ring (bicyclic) bond motifs is 3. The van der Waals surface area contributed by atoms with Gasteiger partial charge in [0.05, 0.1) is 28.4 Å². The molecule has 0 aliphatic rings. The Hall–Kier alpha value is -2.62. The molecule has 3 rings (SSSR count). The molecule has 0 unspecified atom stereocenters. The molecule has 0 atom stereocenters. The number of benzene rings is 3. The maximum atomic E-state index is 5.65. The number of aryl methyl sites for hydroxylation is 2. The van der Waals surface area contributed by atoms with E-state index in [0.29, 0.717) is 0 Å². The molecule has 4 heteroatoms. The predicted molar refractivity (Wildman–Crippen MR) is 125 cm³/mol. The third kappa shape index (κ3) is 4.00. The van der Waals surface area contributed by atoms with E-state index in [0.717, 1.165) is 72.3 Å². The Morgan fingerprint density at radius 2 is 0.800 bits per heavy atom. The summed E-state index contributed by atoms with van der Waals surface area (Å²) < 4.78 is 22.6. The SMILES string of the molecule is CCCCc1c(CCCC)c2cc(OC)c(OC)cc2c2cc(OC)c(OC)cc12. The van der Waals surface area contributed by atoms with E-state index in [2.05, 4.69) is 38.1 Å². The molecule has 30 heavy (non-hydrogen) atoms. The third-order valence-corrected chi connectivity index (χ3v) is 5.91. The molecule has 0 saturated heterocycles. The first kappa shape index (κ1) is 22.1. The Kier molecular flexibility index (Phi) is 7.30. The van der Waals surface area contributed by atoms with E-state index in [4.69, 9.17) is 18.9 Å². The summed E-state index contributed by atoms with van der Waals surface area (Å²) in [7, 11) is 6.76. The highest BCUT2D eigenvalue weighted by molar-refractivity contribution is 6.12. The topological polar surface area (TPSA) is 36.9 Å². The van der Waals surface area contributed by atoms with Crippen molar-refractivity contribution >= 4 is 21.5 Å². The minimum atomic E-state index is 0.740. The Balaban J connectivity index is 2.49. The second-order valence-corrected chi connectivity index (χ2v) is 7.67. The van der Waals surface area contributed by atoms with Gasteiger partial charge in [0, 0.05) is 0 Å². The second kappa shape index (κ2) is 9.92. The monoisotopic (exact) mass is 410 g/mol. The summed E-state index contributed by atoms with van der Waals surface area (Å²) in [4.78, 5) is 0. The first-order chi connectivity index (χ1) is 14.6. The molecule has 0 aromatic heterocycles. The zero-order chi connectivity index (χ0) is 21.7. The average Bonchev–Trinajstić information content (AvgIpc) is 2.79. The molecular formula is C26H34O4. The molecule has 0 spiro atoms. The van der Waals surface area contributed by atoms with Crippen molar-refractivity contribution in [1.29, 1.82) is 0 Å². The van der Waals surface area contributed by atoms with Crippen molar-refractivity contribution < 1.29 is 18.9 Å². The summed E-state index contributed by atoms with van der Waals surface area (Å²) >= 11 is 0. The van der Waals surface area contributed by atoms with Gasteiger partial charge in [0.1, 0.15) is 0 Å². The molecule has 3 aromatic rings. The van der Waals surface area contributed by atoms with Crippen molar-refractivity contribution in [3.63, 3.8) is 0 Å². The lowest BCUT2D eigenvalue weighted by molar-refractivity contribution is 0.355. The van der Waals surface area contributed by atoms with Gasteiger partial charge in [-0.1, -0.05) is 26.7 Å². The Bertz CT molecular complexity index is 940. The van der Waals surface area contributed by atoms with Gasteiger partial charge in [0.2, 0.25) is 0 Å². The van der Waals surface area contributed by atoms with Gasteiger partial charge in [-0.2, -0.15) is 0 Å². The van der Waals surface area contributed by atoms with Gasteiger partial charge in [0.25, 0.3) is 0 Å². The number of methoxy groups -OCH3 is 4. The van der Waals surface area contributed by atoms with Crippen LogP contribution in [0.2, 0.25) is 0 Å². The van der Waals surface area contributed by atoms with E-state index in [9.17, 15) is 0 Å². The summed E-state index contributed by atoms with van der Waals surface area (Å²) in [5.74, 6) is 3.01. The third-order valence-electron chi connectivity index (χ3n) is 5.91. The van der Waals surface area contributed by atoms with Gasteiger partial charge in [-0.15, -0.1) is 0 Å². The van der Waals surface area contributed by atoms with Crippen LogP contribution < -0.4 is 18.9 Å². The molecular weight excluding hydrogens is 376 g/mol. The molecule has 0 N–H and O–H groups in total. The number of hydrogen-bond acceptors (Lipinski definition) is 4. The molecule has 0 aliphatic carbocycles. The van der Waals surface area contributed by atoms with Crippen molar-refractivity contribution in [3.05, 3.63) is 35.4 Å². The molecule has 0 fully saturated rings. The van der Waals surface area contributed by atoms with Gasteiger partial charge in [0.15, 0.2) is 23.0 Å². The molecule has 162 valence electrons. The maximum absolute atomic E-state index is 5.65. The Labute approximate surface area is 180 Å². The standard InChI is InChI=1S/C26H34O4/c1-7-9-11-17-18(12-10-8-2)20-14-24(28-4)26(30-6)16-22(20)21-15-25(29-5)23(27-3)13-19(17)21/h13-16H,7-12H2,1-6H3. The van der Waals surface area contributed by atoms with Gasteiger partial charge < -0.3 is 18.9 Å². The molecule has 3 aromatic carbocycles. The van der Waals surface area contributed by atoms with E-state index in [1.54, 1.807) is 28.4 Å². The summed E-state index contributed by atoms with van der Waals surface area (Å²) in [6, 6.07) is 8.48. The lowest BCUT2D eigenvalue weighted by Gasteiger charge is -2.21. The average molecular weight is 411 g/mol. The zero-order valence-electron chi connectivity index (χ0n) is 19.2. The largest absolute Gasteiger partial charge is 0.493 e. The lowest BCUT2D eigenvalue weighted by Crippen LogP contribution is -2.02. The van der Waals surface area contributed by atoms with Crippen molar-refractivity contribution in [2.75, 3.05) is 28.4 Å². The smallest absolute Gasteiger partial charge is 0.161 e. The highest BCUT2D eigenvalue weighted by Crippen LogP contribution is 2.44. The highest BCUT2D eigenvalue weighted by atomic mass is 16.5. The van der Waals surface area contributed by atoms with E-state index in [1.165, 1.54) is 21.9 Å². The summed E-state index contributed by atoms with van der Waals surface area (Å²) in [5, 5.41) is 4.81. The van der Waals surface area contributed by atoms with Crippen molar-refractivity contribution in [2.24, 2.45) is 0 Å². The molecule has 0 heterocycles. The highest BCUT2D eigenvalue weighted by Gasteiger charge is 2.19. The normalized spacial score (nSPS) is 11.1. The second-order valence-electron chi connectivity index (χ2n) is 7.67. The van der Waals surface area contributed by atoms with E-state index < -0.39 is 0 Å². The Morgan fingerprint density at radius 3 is 1.07 bits per heavy atom. The van der Waals surface area contributed by atoms with Crippen LogP contribution in [0.3, 0.4) is 0 Å². The van der Waals surface area contributed by atoms with Crippen LogP contribution in [0.1, 0.15) is 50.7 Å². The first-order valence-electron chi connectivity index (χ1n) is 10.9. The van der Waals surface area contributed by atoms with Crippen LogP contribution in [-0.4, -0.2) is 28.4 Å². The summed E-state index contributed by atoms with van der Waals surface area (Å²) in [6.45, 7) is 4.49. The van der Waals surface area contributed by atoms with E-state index in [-0.39, 0.29) is 0 Å². The summed E-state index contributed by atoms with van der Waals surface area (Å²) in [5.41, 5.74) is 2.84. The first-order valence-corrected chi connectivity index (χ1v) is 10.9. The molecule has 0 saturated carbocycles. The van der Waals surface area contributed by atoms with Gasteiger partial charge >= 0.3 is 0 Å². The fourth-order valence-corrected chi connectivity index (χ4v) is 4.31. The molecule has 0 amide bonds. The zero-order valence-corrected chi connectivity index (χ0v) is 19.2. The molecule has 0 bridgehead atoms. The van der Waals surface area contributed by atoms with Crippen LogP contribution in [0.25, 0.3) is 21.5 Å². The van der Waals surface area contributed by atoms with Crippen molar-refractivity contribution in [3.8, 4) is 23.0 Å². The fraction of sp³-hybridized carbons (Fsp3) is 0.462.